The molecule has 4 rings (SSSR count). The van der Waals surface area contributed by atoms with Crippen molar-refractivity contribution in [2.24, 2.45) is 0 Å². The van der Waals surface area contributed by atoms with Gasteiger partial charge in [0, 0.05) is 37.1 Å². The van der Waals surface area contributed by atoms with Gasteiger partial charge in [-0.2, -0.15) is 5.10 Å². The Bertz CT molecular complexity index is 949. The fourth-order valence-electron chi connectivity index (χ4n) is 3.35. The average Bonchev–Trinajstić information content (AvgIpc) is 3.12. The quantitative estimate of drug-likeness (QED) is 0.711. The van der Waals surface area contributed by atoms with E-state index in [0.29, 0.717) is 18.7 Å². The van der Waals surface area contributed by atoms with E-state index in [-0.39, 0.29) is 11.7 Å². The molecule has 1 aromatic heterocycles. The first kappa shape index (κ1) is 18.6. The number of aromatic nitrogens is 2. The minimum Gasteiger partial charge on any atom is -0.379 e. The highest BCUT2D eigenvalue weighted by atomic mass is 19.1. The normalized spacial score (nSPS) is 15.0. The minimum atomic E-state index is -0.259. The molecule has 0 bridgehead atoms. The largest absolute Gasteiger partial charge is 0.379 e. The molecule has 1 amide bonds. The Morgan fingerprint density at radius 2 is 1.93 bits per heavy atom. The van der Waals surface area contributed by atoms with Crippen molar-refractivity contribution in [2.45, 2.75) is 6.54 Å². The lowest BCUT2D eigenvalue weighted by Gasteiger charge is -2.26. The van der Waals surface area contributed by atoms with E-state index in [2.05, 4.69) is 15.3 Å². The maximum absolute atomic E-state index is 13.1. The van der Waals surface area contributed by atoms with Crippen molar-refractivity contribution in [1.29, 1.82) is 0 Å². The molecule has 146 valence electrons. The van der Waals surface area contributed by atoms with Crippen molar-refractivity contribution in [1.82, 2.24) is 20.0 Å². The summed E-state index contributed by atoms with van der Waals surface area (Å²) in [5, 5.41) is 8.36. The van der Waals surface area contributed by atoms with Gasteiger partial charge in [0.1, 0.15) is 5.82 Å². The van der Waals surface area contributed by atoms with Crippen LogP contribution in [0.1, 0.15) is 15.9 Å². The number of ether oxygens (including phenoxy) is 1. The van der Waals surface area contributed by atoms with E-state index in [1.807, 2.05) is 22.9 Å². The van der Waals surface area contributed by atoms with Gasteiger partial charge in [-0.15, -0.1) is 0 Å². The van der Waals surface area contributed by atoms with E-state index in [4.69, 9.17) is 4.74 Å². The molecule has 0 atom stereocenters. The van der Waals surface area contributed by atoms with E-state index < -0.39 is 0 Å². The van der Waals surface area contributed by atoms with Crippen LogP contribution in [0.4, 0.5) is 4.39 Å². The Kier molecular flexibility index (Phi) is 5.64. The highest BCUT2D eigenvalue weighted by Crippen LogP contribution is 2.17. The summed E-state index contributed by atoms with van der Waals surface area (Å²) in [5.74, 6) is -0.352. The lowest BCUT2D eigenvalue weighted by Crippen LogP contribution is -2.41. The molecule has 1 aliphatic heterocycles. The fourth-order valence-corrected chi connectivity index (χ4v) is 3.35. The second-order valence-corrected chi connectivity index (χ2v) is 6.91. The van der Waals surface area contributed by atoms with Crippen molar-refractivity contribution in [3.8, 4) is 0 Å². The maximum Gasteiger partial charge on any atom is 0.251 e. The molecule has 1 aliphatic rings. The fraction of sp³-hybridized carbons (Fsp3) is 0.333. The van der Waals surface area contributed by atoms with Gasteiger partial charge in [-0.05, 0) is 29.8 Å². The Labute approximate surface area is 162 Å². The third-order valence-corrected chi connectivity index (χ3v) is 4.97. The SMILES string of the molecule is O=C(NCCN1CCOCC1)c1ccc2cnn(Cc3ccc(F)cc3)c2c1. The van der Waals surface area contributed by atoms with Gasteiger partial charge in [0.15, 0.2) is 0 Å². The molecule has 2 aromatic carbocycles. The second kappa shape index (κ2) is 8.50. The van der Waals surface area contributed by atoms with E-state index in [1.54, 1.807) is 18.3 Å². The van der Waals surface area contributed by atoms with Gasteiger partial charge in [-0.3, -0.25) is 14.4 Å². The molecule has 0 saturated carbocycles. The molecular formula is C21H23FN4O2. The Balaban J connectivity index is 1.42. The lowest BCUT2D eigenvalue weighted by atomic mass is 10.1. The van der Waals surface area contributed by atoms with Crippen molar-refractivity contribution in [3.63, 3.8) is 0 Å². The highest BCUT2D eigenvalue weighted by Gasteiger charge is 2.12. The first-order valence-electron chi connectivity index (χ1n) is 9.47. The van der Waals surface area contributed by atoms with Crippen LogP contribution in [0.2, 0.25) is 0 Å². The highest BCUT2D eigenvalue weighted by molar-refractivity contribution is 5.97. The molecule has 0 spiro atoms. The number of fused-ring (bicyclic) bond motifs is 1. The molecule has 2 heterocycles. The van der Waals surface area contributed by atoms with Crippen molar-refractivity contribution in [3.05, 3.63) is 65.6 Å². The summed E-state index contributed by atoms with van der Waals surface area (Å²) in [5.41, 5.74) is 2.44. The van der Waals surface area contributed by atoms with Crippen molar-refractivity contribution >= 4 is 16.8 Å². The standard InChI is InChI=1S/C21H23FN4O2/c22-19-5-1-16(2-6-19)15-26-20-13-17(3-4-18(20)14-24-26)21(27)23-7-8-25-9-11-28-12-10-25/h1-6,13-14H,7-12,15H2,(H,23,27). The first-order valence-corrected chi connectivity index (χ1v) is 9.47. The van der Waals surface area contributed by atoms with Crippen LogP contribution in [0.3, 0.4) is 0 Å². The van der Waals surface area contributed by atoms with Gasteiger partial charge in [0.2, 0.25) is 0 Å². The average molecular weight is 382 g/mol. The summed E-state index contributed by atoms with van der Waals surface area (Å²) in [6.07, 6.45) is 1.78. The topological polar surface area (TPSA) is 59.4 Å². The lowest BCUT2D eigenvalue weighted by molar-refractivity contribution is 0.0383. The molecular weight excluding hydrogens is 359 g/mol. The molecule has 1 fully saturated rings. The molecule has 1 saturated heterocycles. The van der Waals surface area contributed by atoms with Gasteiger partial charge in [-0.25, -0.2) is 4.39 Å². The first-order chi connectivity index (χ1) is 13.7. The number of nitrogens with one attached hydrogen (secondary N) is 1. The molecule has 0 unspecified atom stereocenters. The molecule has 7 heteroatoms. The van der Waals surface area contributed by atoms with E-state index in [0.717, 1.165) is 49.3 Å². The molecule has 28 heavy (non-hydrogen) atoms. The minimum absolute atomic E-state index is 0.0929. The smallest absolute Gasteiger partial charge is 0.251 e. The molecule has 3 aromatic rings. The predicted molar refractivity (Wildman–Crippen MR) is 105 cm³/mol. The van der Waals surface area contributed by atoms with Gasteiger partial charge >= 0.3 is 0 Å². The summed E-state index contributed by atoms with van der Waals surface area (Å²) >= 11 is 0. The van der Waals surface area contributed by atoms with Crippen LogP contribution >= 0.6 is 0 Å². The number of nitrogens with zero attached hydrogens (tertiary/aromatic N) is 3. The number of carbonyl (C=O) groups is 1. The van der Waals surface area contributed by atoms with Crippen LogP contribution in [-0.4, -0.2) is 60.0 Å². The number of amides is 1. The van der Waals surface area contributed by atoms with Crippen molar-refractivity contribution in [2.75, 3.05) is 39.4 Å². The summed E-state index contributed by atoms with van der Waals surface area (Å²) in [6.45, 7) is 5.26. The summed E-state index contributed by atoms with van der Waals surface area (Å²) in [7, 11) is 0. The molecule has 0 radical (unpaired) electrons. The summed E-state index contributed by atoms with van der Waals surface area (Å²) in [4.78, 5) is 14.8. The zero-order valence-electron chi connectivity index (χ0n) is 15.6. The third kappa shape index (κ3) is 4.37. The zero-order chi connectivity index (χ0) is 19.3. The third-order valence-electron chi connectivity index (χ3n) is 4.97. The van der Waals surface area contributed by atoms with Crippen LogP contribution in [-0.2, 0) is 11.3 Å². The van der Waals surface area contributed by atoms with E-state index in [1.165, 1.54) is 12.1 Å². The Morgan fingerprint density at radius 3 is 2.71 bits per heavy atom. The van der Waals surface area contributed by atoms with Crippen LogP contribution in [0, 0.1) is 5.82 Å². The Morgan fingerprint density at radius 1 is 1.14 bits per heavy atom. The van der Waals surface area contributed by atoms with E-state index in [9.17, 15) is 9.18 Å². The van der Waals surface area contributed by atoms with Gasteiger partial charge in [-0.1, -0.05) is 18.2 Å². The number of benzene rings is 2. The summed E-state index contributed by atoms with van der Waals surface area (Å²) < 4.78 is 20.3. The van der Waals surface area contributed by atoms with E-state index >= 15 is 0 Å². The van der Waals surface area contributed by atoms with Crippen LogP contribution in [0.15, 0.2) is 48.7 Å². The predicted octanol–water partition coefficient (Wildman–Crippen LogP) is 2.29. The number of hydrogen-bond acceptors (Lipinski definition) is 4. The van der Waals surface area contributed by atoms with Crippen LogP contribution in [0.5, 0.6) is 0 Å². The number of hydrogen-bond donors (Lipinski definition) is 1. The second-order valence-electron chi connectivity index (χ2n) is 6.91. The monoisotopic (exact) mass is 382 g/mol. The molecule has 0 aliphatic carbocycles. The Hall–Kier alpha value is -2.77. The van der Waals surface area contributed by atoms with Crippen LogP contribution < -0.4 is 5.32 Å². The molecule has 1 N–H and O–H groups in total. The van der Waals surface area contributed by atoms with Gasteiger partial charge in [0.25, 0.3) is 5.91 Å². The number of carbonyl (C=O) groups excluding carboxylic acids is 1. The van der Waals surface area contributed by atoms with Crippen LogP contribution in [0.25, 0.3) is 10.9 Å². The maximum atomic E-state index is 13.1. The zero-order valence-corrected chi connectivity index (χ0v) is 15.6. The number of morpholine rings is 1. The summed E-state index contributed by atoms with van der Waals surface area (Å²) in [6, 6.07) is 11.9. The van der Waals surface area contributed by atoms with Gasteiger partial charge < -0.3 is 10.1 Å². The molecule has 6 nitrogen and oxygen atoms in total. The number of halogens is 1. The van der Waals surface area contributed by atoms with Gasteiger partial charge in [0.05, 0.1) is 31.5 Å². The van der Waals surface area contributed by atoms with Crippen molar-refractivity contribution < 1.29 is 13.9 Å². The number of rotatable bonds is 6.